The summed E-state index contributed by atoms with van der Waals surface area (Å²) >= 11 is 0. The summed E-state index contributed by atoms with van der Waals surface area (Å²) in [7, 11) is 3.39. The Kier molecular flexibility index (Phi) is 4.73. The Morgan fingerprint density at radius 1 is 1.50 bits per heavy atom. The van der Waals surface area contributed by atoms with Crippen LogP contribution in [0.15, 0.2) is 0 Å². The van der Waals surface area contributed by atoms with Crippen molar-refractivity contribution in [3.63, 3.8) is 0 Å². The quantitative estimate of drug-likeness (QED) is 0.697. The summed E-state index contributed by atoms with van der Waals surface area (Å²) in [6.07, 6.45) is 2.57. The van der Waals surface area contributed by atoms with Crippen LogP contribution in [0, 0.1) is 7.11 Å². The molecule has 1 heterocycles. The van der Waals surface area contributed by atoms with Crippen LogP contribution in [0.2, 0.25) is 0 Å². The van der Waals surface area contributed by atoms with Crippen molar-refractivity contribution in [2.75, 3.05) is 19.7 Å². The number of hydrogen-bond donors (Lipinski definition) is 0. The standard InChI is InChI=1S/C10H18NO3/c1-3-8-14-10(12)11-6-4-9(13-2)5-7-11/h9H,2-8H2,1H3. The zero-order valence-electron chi connectivity index (χ0n) is 8.70. The van der Waals surface area contributed by atoms with Gasteiger partial charge in [-0.25, -0.2) is 4.79 Å². The molecule has 1 rings (SSSR count). The number of ether oxygens (including phenoxy) is 2. The molecule has 0 atom stereocenters. The van der Waals surface area contributed by atoms with Gasteiger partial charge >= 0.3 is 6.09 Å². The molecule has 1 saturated heterocycles. The minimum atomic E-state index is -0.200. The predicted octanol–water partition coefficient (Wildman–Crippen LogP) is 1.81. The summed E-state index contributed by atoms with van der Waals surface area (Å²) in [4.78, 5) is 13.1. The van der Waals surface area contributed by atoms with E-state index in [2.05, 4.69) is 7.11 Å². The van der Waals surface area contributed by atoms with Crippen molar-refractivity contribution in [3.05, 3.63) is 7.11 Å². The van der Waals surface area contributed by atoms with E-state index in [1.54, 1.807) is 4.90 Å². The average molecular weight is 200 g/mol. The highest BCUT2D eigenvalue weighted by molar-refractivity contribution is 5.67. The molecule has 0 saturated carbocycles. The van der Waals surface area contributed by atoms with Crippen LogP contribution in [0.5, 0.6) is 0 Å². The summed E-state index contributed by atoms with van der Waals surface area (Å²) in [5, 5.41) is 0. The first-order valence-electron chi connectivity index (χ1n) is 5.10. The highest BCUT2D eigenvalue weighted by Crippen LogP contribution is 2.13. The minimum Gasteiger partial charge on any atom is -0.449 e. The van der Waals surface area contributed by atoms with Crippen LogP contribution in [0.3, 0.4) is 0 Å². The molecule has 4 nitrogen and oxygen atoms in total. The van der Waals surface area contributed by atoms with Gasteiger partial charge in [-0.3, -0.25) is 0 Å². The van der Waals surface area contributed by atoms with Gasteiger partial charge in [-0.2, -0.15) is 0 Å². The number of piperidine rings is 1. The SMILES string of the molecule is [CH2]OC1CCN(C(=O)OCCC)CC1. The number of hydrogen-bond acceptors (Lipinski definition) is 3. The first-order valence-corrected chi connectivity index (χ1v) is 5.10. The van der Waals surface area contributed by atoms with Crippen molar-refractivity contribution in [2.45, 2.75) is 32.3 Å². The molecular formula is C10H18NO3. The largest absolute Gasteiger partial charge is 0.449 e. The molecule has 0 aromatic heterocycles. The second-order valence-corrected chi connectivity index (χ2v) is 3.47. The Balaban J connectivity index is 2.23. The molecule has 0 aromatic rings. The predicted molar refractivity (Wildman–Crippen MR) is 52.7 cm³/mol. The lowest BCUT2D eigenvalue weighted by molar-refractivity contribution is 0.0487. The second kappa shape index (κ2) is 5.86. The summed E-state index contributed by atoms with van der Waals surface area (Å²) in [6.45, 7) is 3.91. The van der Waals surface area contributed by atoms with Crippen molar-refractivity contribution in [1.29, 1.82) is 0 Å². The van der Waals surface area contributed by atoms with E-state index < -0.39 is 0 Å². The third-order valence-electron chi connectivity index (χ3n) is 2.37. The maximum atomic E-state index is 11.4. The van der Waals surface area contributed by atoms with Gasteiger partial charge in [-0.05, 0) is 19.3 Å². The molecule has 1 aliphatic rings. The summed E-state index contributed by atoms with van der Waals surface area (Å²) < 4.78 is 10.0. The molecule has 1 amide bonds. The number of likely N-dealkylation sites (tertiary alicyclic amines) is 1. The van der Waals surface area contributed by atoms with Crippen molar-refractivity contribution >= 4 is 6.09 Å². The van der Waals surface area contributed by atoms with Crippen LogP contribution in [-0.2, 0) is 9.47 Å². The van der Waals surface area contributed by atoms with E-state index in [0.29, 0.717) is 19.7 Å². The third kappa shape index (κ3) is 3.18. The number of rotatable bonds is 3. The lowest BCUT2D eigenvalue weighted by atomic mass is 10.1. The van der Waals surface area contributed by atoms with Crippen molar-refractivity contribution in [1.82, 2.24) is 4.90 Å². The lowest BCUT2D eigenvalue weighted by Crippen LogP contribution is -2.40. The first-order chi connectivity index (χ1) is 6.77. The number of amides is 1. The molecule has 14 heavy (non-hydrogen) atoms. The molecule has 0 bridgehead atoms. The van der Waals surface area contributed by atoms with Gasteiger partial charge in [0, 0.05) is 13.1 Å². The molecule has 0 aromatic carbocycles. The van der Waals surface area contributed by atoms with Gasteiger partial charge in [0.1, 0.15) is 0 Å². The Labute approximate surface area is 85.2 Å². The van der Waals surface area contributed by atoms with Gasteiger partial charge in [-0.1, -0.05) is 6.92 Å². The highest BCUT2D eigenvalue weighted by Gasteiger charge is 2.23. The first kappa shape index (κ1) is 11.3. The van der Waals surface area contributed by atoms with Gasteiger partial charge in [0.25, 0.3) is 0 Å². The molecular weight excluding hydrogens is 182 g/mol. The average Bonchev–Trinajstić information content (AvgIpc) is 2.26. The summed E-state index contributed by atoms with van der Waals surface area (Å²) in [5.41, 5.74) is 0. The monoisotopic (exact) mass is 200 g/mol. The molecule has 1 aliphatic heterocycles. The Hall–Kier alpha value is -0.770. The van der Waals surface area contributed by atoms with Gasteiger partial charge in [0.15, 0.2) is 0 Å². The third-order valence-corrected chi connectivity index (χ3v) is 2.37. The number of carbonyl (C=O) groups excluding carboxylic acids is 1. The molecule has 0 N–H and O–H groups in total. The van der Waals surface area contributed by atoms with Gasteiger partial charge in [-0.15, -0.1) is 0 Å². The van der Waals surface area contributed by atoms with E-state index in [1.807, 2.05) is 6.92 Å². The van der Waals surface area contributed by atoms with E-state index in [1.165, 1.54) is 0 Å². The Morgan fingerprint density at radius 3 is 2.64 bits per heavy atom. The molecule has 4 heteroatoms. The Morgan fingerprint density at radius 2 is 2.14 bits per heavy atom. The van der Waals surface area contributed by atoms with Crippen molar-refractivity contribution < 1.29 is 14.3 Å². The topological polar surface area (TPSA) is 38.8 Å². The second-order valence-electron chi connectivity index (χ2n) is 3.47. The molecule has 0 aliphatic carbocycles. The van der Waals surface area contributed by atoms with E-state index in [9.17, 15) is 4.79 Å². The minimum absolute atomic E-state index is 0.199. The fourth-order valence-electron chi connectivity index (χ4n) is 1.49. The van der Waals surface area contributed by atoms with E-state index >= 15 is 0 Å². The van der Waals surface area contributed by atoms with E-state index in [0.717, 1.165) is 19.3 Å². The van der Waals surface area contributed by atoms with Crippen LogP contribution < -0.4 is 0 Å². The van der Waals surface area contributed by atoms with Crippen molar-refractivity contribution in [2.24, 2.45) is 0 Å². The zero-order valence-corrected chi connectivity index (χ0v) is 8.70. The Bertz CT molecular complexity index is 176. The molecule has 0 unspecified atom stereocenters. The van der Waals surface area contributed by atoms with Gasteiger partial charge in [0.2, 0.25) is 0 Å². The van der Waals surface area contributed by atoms with Crippen molar-refractivity contribution in [3.8, 4) is 0 Å². The van der Waals surface area contributed by atoms with Crippen LogP contribution in [0.4, 0.5) is 4.79 Å². The normalized spacial score (nSPS) is 18.3. The molecule has 1 radical (unpaired) electrons. The summed E-state index contributed by atoms with van der Waals surface area (Å²) in [6, 6.07) is 0. The van der Waals surface area contributed by atoms with E-state index in [-0.39, 0.29) is 12.2 Å². The van der Waals surface area contributed by atoms with Gasteiger partial charge in [0.05, 0.1) is 19.8 Å². The van der Waals surface area contributed by atoms with Crippen LogP contribution in [-0.4, -0.2) is 36.8 Å². The zero-order chi connectivity index (χ0) is 10.4. The molecule has 0 spiro atoms. The van der Waals surface area contributed by atoms with Gasteiger partial charge < -0.3 is 14.4 Å². The number of carbonyl (C=O) groups is 1. The molecule has 1 fully saturated rings. The fourth-order valence-corrected chi connectivity index (χ4v) is 1.49. The fraction of sp³-hybridized carbons (Fsp3) is 0.800. The van der Waals surface area contributed by atoms with Crippen LogP contribution >= 0.6 is 0 Å². The maximum absolute atomic E-state index is 11.4. The molecule has 81 valence electrons. The maximum Gasteiger partial charge on any atom is 0.409 e. The lowest BCUT2D eigenvalue weighted by Gasteiger charge is -2.30. The van der Waals surface area contributed by atoms with Crippen LogP contribution in [0.1, 0.15) is 26.2 Å². The van der Waals surface area contributed by atoms with E-state index in [4.69, 9.17) is 9.47 Å². The number of nitrogens with zero attached hydrogens (tertiary/aromatic N) is 1. The van der Waals surface area contributed by atoms with Crippen LogP contribution in [0.25, 0.3) is 0 Å². The summed E-state index contributed by atoms with van der Waals surface area (Å²) in [5.74, 6) is 0. The smallest absolute Gasteiger partial charge is 0.409 e. The highest BCUT2D eigenvalue weighted by atomic mass is 16.6.